The average molecular weight is 289 g/mol. The quantitative estimate of drug-likeness (QED) is 0.720. The summed E-state index contributed by atoms with van der Waals surface area (Å²) in [5.74, 6) is 0.615. The number of amides is 1. The smallest absolute Gasteiger partial charge is 0.241 e. The van der Waals surface area contributed by atoms with Gasteiger partial charge in [-0.15, -0.1) is 0 Å². The third kappa shape index (κ3) is 5.84. The molecule has 0 unspecified atom stereocenters. The van der Waals surface area contributed by atoms with Crippen LogP contribution < -0.4 is 15.8 Å². The summed E-state index contributed by atoms with van der Waals surface area (Å²) in [6, 6.07) is 8.73. The molecule has 0 radical (unpaired) electrons. The second-order valence-corrected chi connectivity index (χ2v) is 5.04. The van der Waals surface area contributed by atoms with Crippen LogP contribution in [-0.4, -0.2) is 18.6 Å². The lowest BCUT2D eigenvalue weighted by Gasteiger charge is -2.18. The number of hydrogen-bond acceptors (Lipinski definition) is 4. The van der Waals surface area contributed by atoms with Gasteiger partial charge in [0.2, 0.25) is 5.91 Å². The van der Waals surface area contributed by atoms with Crippen molar-refractivity contribution >= 4 is 11.6 Å². The van der Waals surface area contributed by atoms with Gasteiger partial charge in [-0.2, -0.15) is 5.26 Å². The van der Waals surface area contributed by atoms with E-state index in [4.69, 9.17) is 15.7 Å². The van der Waals surface area contributed by atoms with Gasteiger partial charge in [-0.1, -0.05) is 26.3 Å². The van der Waals surface area contributed by atoms with Crippen LogP contribution >= 0.6 is 0 Å². The number of carbonyl (C=O) groups is 1. The maximum Gasteiger partial charge on any atom is 0.241 e. The zero-order valence-corrected chi connectivity index (χ0v) is 12.6. The normalized spacial score (nSPS) is 13.0. The molecule has 1 rings (SSSR count). The van der Waals surface area contributed by atoms with E-state index in [-0.39, 0.29) is 11.8 Å². The van der Waals surface area contributed by atoms with E-state index in [9.17, 15) is 4.79 Å². The molecular weight excluding hydrogens is 266 g/mol. The Hall–Kier alpha value is -2.06. The molecule has 0 saturated carbocycles. The number of nitrogens with two attached hydrogens (primary N) is 1. The Morgan fingerprint density at radius 1 is 1.52 bits per heavy atom. The molecule has 1 amide bonds. The van der Waals surface area contributed by atoms with Crippen molar-refractivity contribution in [3.63, 3.8) is 0 Å². The first-order valence-corrected chi connectivity index (χ1v) is 7.24. The van der Waals surface area contributed by atoms with Crippen LogP contribution in [0.2, 0.25) is 0 Å². The molecule has 5 heteroatoms. The lowest BCUT2D eigenvalue weighted by atomic mass is 9.99. The molecule has 1 aromatic carbocycles. The Morgan fingerprint density at radius 2 is 2.29 bits per heavy atom. The number of anilines is 1. The molecule has 2 atom stereocenters. The van der Waals surface area contributed by atoms with Crippen molar-refractivity contribution in [1.82, 2.24) is 0 Å². The molecule has 0 fully saturated rings. The van der Waals surface area contributed by atoms with E-state index in [0.29, 0.717) is 30.9 Å². The minimum atomic E-state index is -0.518. The first-order chi connectivity index (χ1) is 10.1. The minimum absolute atomic E-state index is 0.135. The number of nitrogens with zero attached hydrogens (tertiary/aromatic N) is 1. The maximum atomic E-state index is 12.0. The van der Waals surface area contributed by atoms with Crippen molar-refractivity contribution in [3.05, 3.63) is 24.3 Å². The van der Waals surface area contributed by atoms with Crippen LogP contribution in [0.15, 0.2) is 24.3 Å². The fourth-order valence-corrected chi connectivity index (χ4v) is 1.74. The summed E-state index contributed by atoms with van der Waals surface area (Å²) < 4.78 is 5.53. The average Bonchev–Trinajstić information content (AvgIpc) is 2.50. The van der Waals surface area contributed by atoms with Crippen LogP contribution in [0, 0.1) is 17.2 Å². The van der Waals surface area contributed by atoms with Crippen LogP contribution in [0.1, 0.15) is 33.1 Å². The van der Waals surface area contributed by atoms with E-state index in [0.717, 1.165) is 6.42 Å². The second-order valence-electron chi connectivity index (χ2n) is 5.04. The summed E-state index contributed by atoms with van der Waals surface area (Å²) in [5.41, 5.74) is 6.56. The number of benzene rings is 1. The Balaban J connectivity index is 2.56. The molecule has 0 aliphatic carbocycles. The number of rotatable bonds is 8. The summed E-state index contributed by atoms with van der Waals surface area (Å²) in [5, 5.41) is 11.3. The first-order valence-electron chi connectivity index (χ1n) is 7.24. The van der Waals surface area contributed by atoms with Crippen molar-refractivity contribution in [2.24, 2.45) is 11.7 Å². The third-order valence-corrected chi connectivity index (χ3v) is 3.36. The number of carbonyl (C=O) groups excluding carboxylic acids is 1. The topological polar surface area (TPSA) is 88.1 Å². The fraction of sp³-hybridized carbons (Fsp3) is 0.500. The summed E-state index contributed by atoms with van der Waals surface area (Å²) >= 11 is 0. The summed E-state index contributed by atoms with van der Waals surface area (Å²) in [6.45, 7) is 4.45. The number of nitrogens with one attached hydrogen (secondary N) is 1. The van der Waals surface area contributed by atoms with E-state index in [1.165, 1.54) is 0 Å². The van der Waals surface area contributed by atoms with Crippen molar-refractivity contribution in [2.75, 3.05) is 11.9 Å². The maximum absolute atomic E-state index is 12.0. The first kappa shape index (κ1) is 17.0. The molecule has 0 bridgehead atoms. The van der Waals surface area contributed by atoms with Gasteiger partial charge >= 0.3 is 0 Å². The highest BCUT2D eigenvalue weighted by molar-refractivity contribution is 5.95. The van der Waals surface area contributed by atoms with Crippen molar-refractivity contribution in [2.45, 2.75) is 39.2 Å². The van der Waals surface area contributed by atoms with Gasteiger partial charge in [-0.05, 0) is 24.5 Å². The van der Waals surface area contributed by atoms with Crippen molar-refractivity contribution in [1.29, 1.82) is 5.26 Å². The molecule has 0 aromatic heterocycles. The molecule has 0 saturated heterocycles. The van der Waals surface area contributed by atoms with Gasteiger partial charge in [0.05, 0.1) is 18.7 Å². The minimum Gasteiger partial charge on any atom is -0.493 e. The van der Waals surface area contributed by atoms with Crippen LogP contribution in [0.25, 0.3) is 0 Å². The molecule has 0 aliphatic heterocycles. The molecule has 21 heavy (non-hydrogen) atoms. The standard InChI is InChI=1S/C16H23N3O2/c1-3-12(2)15(18)16(20)19-13-7-6-8-14(11-13)21-10-5-4-9-17/h6-8,11-12,15H,3-5,10,18H2,1-2H3,(H,19,20)/t12-,15-/m0/s1. The third-order valence-electron chi connectivity index (χ3n) is 3.36. The molecule has 3 N–H and O–H groups in total. The van der Waals surface area contributed by atoms with Gasteiger partial charge in [0.25, 0.3) is 0 Å². The SMILES string of the molecule is CC[C@H](C)[C@H](N)C(=O)Nc1cccc(OCCCC#N)c1. The Morgan fingerprint density at radius 3 is 2.95 bits per heavy atom. The molecular formula is C16H23N3O2. The largest absolute Gasteiger partial charge is 0.493 e. The monoisotopic (exact) mass is 289 g/mol. The predicted octanol–water partition coefficient (Wildman–Crippen LogP) is 2.68. The Labute approximate surface area is 126 Å². The molecule has 0 heterocycles. The van der Waals surface area contributed by atoms with Gasteiger partial charge in [-0.3, -0.25) is 4.79 Å². The van der Waals surface area contributed by atoms with Gasteiger partial charge in [0.15, 0.2) is 0 Å². The van der Waals surface area contributed by atoms with E-state index >= 15 is 0 Å². The molecule has 5 nitrogen and oxygen atoms in total. The molecule has 1 aromatic rings. The highest BCUT2D eigenvalue weighted by atomic mass is 16.5. The number of ether oxygens (including phenoxy) is 1. The van der Waals surface area contributed by atoms with Gasteiger partial charge < -0.3 is 15.8 Å². The van der Waals surface area contributed by atoms with Gasteiger partial charge in [0.1, 0.15) is 5.75 Å². The van der Waals surface area contributed by atoms with E-state index in [2.05, 4.69) is 11.4 Å². The summed E-state index contributed by atoms with van der Waals surface area (Å²) in [7, 11) is 0. The second kappa shape index (κ2) is 8.98. The van der Waals surface area contributed by atoms with Crippen LogP contribution in [0.4, 0.5) is 5.69 Å². The van der Waals surface area contributed by atoms with Gasteiger partial charge in [0, 0.05) is 18.2 Å². The van der Waals surface area contributed by atoms with E-state index in [1.807, 2.05) is 26.0 Å². The summed E-state index contributed by atoms with van der Waals surface area (Å²) in [6.07, 6.45) is 2.02. The zero-order chi connectivity index (χ0) is 15.7. The van der Waals surface area contributed by atoms with Crippen LogP contribution in [-0.2, 0) is 4.79 Å². The summed E-state index contributed by atoms with van der Waals surface area (Å²) in [4.78, 5) is 12.0. The van der Waals surface area contributed by atoms with Crippen molar-refractivity contribution in [3.8, 4) is 11.8 Å². The lowest BCUT2D eigenvalue weighted by molar-refractivity contribution is -0.118. The highest BCUT2D eigenvalue weighted by Gasteiger charge is 2.19. The Kier molecular flexibility index (Phi) is 7.27. The predicted molar refractivity (Wildman–Crippen MR) is 82.8 cm³/mol. The van der Waals surface area contributed by atoms with Gasteiger partial charge in [-0.25, -0.2) is 0 Å². The Bertz CT molecular complexity index is 497. The van der Waals surface area contributed by atoms with Crippen LogP contribution in [0.5, 0.6) is 5.75 Å². The number of unbranched alkanes of at least 4 members (excludes halogenated alkanes) is 1. The fourth-order valence-electron chi connectivity index (χ4n) is 1.74. The van der Waals surface area contributed by atoms with E-state index < -0.39 is 6.04 Å². The zero-order valence-electron chi connectivity index (χ0n) is 12.6. The lowest BCUT2D eigenvalue weighted by Crippen LogP contribution is -2.40. The van der Waals surface area contributed by atoms with Crippen molar-refractivity contribution < 1.29 is 9.53 Å². The number of hydrogen-bond donors (Lipinski definition) is 2. The molecule has 0 aliphatic rings. The number of nitriles is 1. The van der Waals surface area contributed by atoms with E-state index in [1.54, 1.807) is 12.1 Å². The molecule has 0 spiro atoms. The highest BCUT2D eigenvalue weighted by Crippen LogP contribution is 2.18. The molecule has 114 valence electrons. The van der Waals surface area contributed by atoms with Crippen LogP contribution in [0.3, 0.4) is 0 Å².